The van der Waals surface area contributed by atoms with Gasteiger partial charge in [0.15, 0.2) is 107 Å². The Bertz CT molecular complexity index is 5140. The van der Waals surface area contributed by atoms with Gasteiger partial charge < -0.3 is 88.6 Å². The maximum atomic E-state index is 13.4. The van der Waals surface area contributed by atoms with Gasteiger partial charge in [-0.3, -0.25) is 58.4 Å². The summed E-state index contributed by atoms with van der Waals surface area (Å²) in [7, 11) is 4.41. The van der Waals surface area contributed by atoms with Crippen molar-refractivity contribution in [3.8, 4) is 0 Å². The van der Waals surface area contributed by atoms with Crippen molar-refractivity contribution < 1.29 is 101 Å². The summed E-state index contributed by atoms with van der Waals surface area (Å²) in [5.41, 5.74) is 4.66. The molecule has 42 nitrogen and oxygen atoms in total. The van der Waals surface area contributed by atoms with Crippen molar-refractivity contribution in [2.75, 3.05) is 76.4 Å². The molecule has 0 spiro atoms. The minimum atomic E-state index is -1.16. The van der Waals surface area contributed by atoms with Crippen LogP contribution in [0.4, 0.5) is 31.8 Å². The third-order valence-electron chi connectivity index (χ3n) is 19.0. The number of benzene rings is 3. The van der Waals surface area contributed by atoms with E-state index in [0.29, 0.717) is 53.1 Å². The van der Waals surface area contributed by atoms with Gasteiger partial charge in [-0.05, 0) is 44.1 Å². The molecule has 6 aliphatic rings. The molecular formula is C75H83N21O21. The number of ether oxygens (including phenoxy) is 9. The molecule has 6 aromatic heterocycles. The van der Waals surface area contributed by atoms with Gasteiger partial charge in [0.2, 0.25) is 0 Å². The van der Waals surface area contributed by atoms with Crippen LogP contribution in [0.3, 0.4) is 0 Å². The van der Waals surface area contributed by atoms with E-state index in [4.69, 9.17) is 58.0 Å². The Labute approximate surface area is 664 Å². The smallest absolute Gasteiger partial charge is 0.323 e. The lowest BCUT2D eigenvalue weighted by Gasteiger charge is -2.24. The number of carboxylic acids is 3. The Hall–Kier alpha value is -12.9. The van der Waals surface area contributed by atoms with Crippen molar-refractivity contribution in [1.82, 2.24) is 89.2 Å². The summed E-state index contributed by atoms with van der Waals surface area (Å²) in [5, 5.41) is 43.1. The highest BCUT2D eigenvalue weighted by Crippen LogP contribution is 2.47. The van der Waals surface area contributed by atoms with Crippen LogP contribution in [0.5, 0.6) is 0 Å². The number of fused-ring (bicyclic) bond motifs is 6. The predicted octanol–water partition coefficient (Wildman–Crippen LogP) is 4.13. The van der Waals surface area contributed by atoms with Gasteiger partial charge in [-0.15, -0.1) is 0 Å². The standard InChI is InChI=1S/C26H29N7O7.C25H27N7O7.C24H27N7O7/c1-3-27-26(37)31-22-18-23(29-13-28-22)33(14-30-18)25-21-19(20(40-25)24(36)32(2)12-11-16(34)35)38-17(39-21)10-9-15-7-5-4-6-8-15;1-3-26-25(36)30-21-17-22(28-12-27-21)32(13-29-17)24-20-18(19(39-24)23(35)31(2)11-15(33)34)37-16(38-20)10-9-14-7-5-4-6-8-14;1-3-25-24(35)29-19-15-20(27-11-26-19)31(12-28-15)22-18-16(37-23(38-18)13-7-5-4-6-8-13)17(36-22)21(34)30(2)10-9-14(32)33/h4-10,13-14,17,19-21,25H,3,11-12H2,1-2H3,(H,34,35)(H2,27,28,29,31,37);4-10,12-13,16,18-20,24H,3,11H2,1-2H3,(H,33,34)(H2,26,27,28,30,36);4-8,11-12,16-18,22-23H,3,9-10H2,1-2H3,(H,32,33)(H2,25,26,27,29,35)/b2*10-9+;/t17-,19?,20?,21?,25?;16-,18?,19?,20?,24?;16?,17?,18?,22?,23-/m000/s1. The van der Waals surface area contributed by atoms with Crippen LogP contribution in [-0.4, -0.2) is 270 Å². The fourth-order valence-corrected chi connectivity index (χ4v) is 13.5. The van der Waals surface area contributed by atoms with Crippen molar-refractivity contribution in [3.63, 3.8) is 0 Å². The molecule has 42 heteroatoms. The molecule has 9 aromatic rings. The lowest BCUT2D eigenvalue weighted by atomic mass is 10.1. The van der Waals surface area contributed by atoms with Crippen molar-refractivity contribution in [1.29, 1.82) is 0 Å². The second-order valence-electron chi connectivity index (χ2n) is 27.0. The van der Waals surface area contributed by atoms with E-state index in [9.17, 15) is 43.2 Å². The molecule has 0 bridgehead atoms. The van der Waals surface area contributed by atoms with Crippen LogP contribution < -0.4 is 31.9 Å². The highest BCUT2D eigenvalue weighted by molar-refractivity contribution is 5.98. The van der Waals surface area contributed by atoms with Gasteiger partial charge in [-0.25, -0.2) is 59.2 Å². The number of anilines is 3. The number of carbonyl (C=O) groups excluding carboxylic acids is 6. The second kappa shape index (κ2) is 37.1. The van der Waals surface area contributed by atoms with Gasteiger partial charge in [0.25, 0.3) is 17.7 Å². The number of nitrogens with one attached hydrogen (secondary N) is 6. The van der Waals surface area contributed by atoms with Crippen LogP contribution in [0.1, 0.15) is 75.3 Å². The van der Waals surface area contributed by atoms with E-state index < -0.39 is 153 Å². The summed E-state index contributed by atoms with van der Waals surface area (Å²) in [6.07, 6.45) is 2.23. The van der Waals surface area contributed by atoms with Crippen LogP contribution in [0.15, 0.2) is 141 Å². The molecule has 6 aliphatic heterocycles. The zero-order valence-corrected chi connectivity index (χ0v) is 63.6. The fourth-order valence-electron chi connectivity index (χ4n) is 13.5. The first-order chi connectivity index (χ1) is 56.6. The Morgan fingerprint density at radius 3 is 1.08 bits per heavy atom. The molecule has 3 aromatic carbocycles. The highest BCUT2D eigenvalue weighted by Gasteiger charge is 2.60. The second-order valence-corrected chi connectivity index (χ2v) is 27.0. The minimum Gasteiger partial charge on any atom is -0.481 e. The molecule has 117 heavy (non-hydrogen) atoms. The zero-order chi connectivity index (χ0) is 82.6. The molecule has 0 aliphatic carbocycles. The number of rotatable bonds is 25. The largest absolute Gasteiger partial charge is 0.481 e. The molecule has 9 N–H and O–H groups in total. The lowest BCUT2D eigenvalue weighted by Crippen LogP contribution is -2.44. The summed E-state index contributed by atoms with van der Waals surface area (Å²) in [6, 6.07) is 27.2. The number of urea groups is 3. The van der Waals surface area contributed by atoms with Crippen LogP contribution >= 0.6 is 0 Å². The third kappa shape index (κ3) is 18.7. The molecule has 9 amide bonds. The van der Waals surface area contributed by atoms with Gasteiger partial charge in [0, 0.05) is 59.4 Å². The number of carbonyl (C=O) groups is 9. The average Bonchev–Trinajstić information content (AvgIpc) is 1.60. The molecule has 12 heterocycles. The first-order valence-corrected chi connectivity index (χ1v) is 37.1. The fraction of sp³-hybridized carbons (Fsp3) is 0.387. The maximum absolute atomic E-state index is 13.4. The molecule has 0 radical (unpaired) electrons. The summed E-state index contributed by atoms with van der Waals surface area (Å²) in [4.78, 5) is 151. The number of likely N-dealkylation sites (N-methyl/N-ethyl adjacent to an activating group) is 3. The number of carboxylic acid groups (broad SMARTS) is 3. The van der Waals surface area contributed by atoms with E-state index in [0.717, 1.165) is 21.6 Å². The Kier molecular flexibility index (Phi) is 26.0. The lowest BCUT2D eigenvalue weighted by molar-refractivity contribution is -0.168. The van der Waals surface area contributed by atoms with Crippen molar-refractivity contribution in [2.24, 2.45) is 0 Å². The third-order valence-corrected chi connectivity index (χ3v) is 19.0. The Morgan fingerprint density at radius 1 is 0.402 bits per heavy atom. The van der Waals surface area contributed by atoms with Crippen LogP contribution in [0.25, 0.3) is 45.6 Å². The molecule has 6 fully saturated rings. The van der Waals surface area contributed by atoms with E-state index in [-0.39, 0.29) is 43.4 Å². The summed E-state index contributed by atoms with van der Waals surface area (Å²) in [6.45, 7) is 6.17. The number of hydrogen-bond acceptors (Lipinski definition) is 27. The molecule has 15 rings (SSSR count). The number of hydrogen-bond donors (Lipinski definition) is 9. The van der Waals surface area contributed by atoms with E-state index in [1.165, 1.54) is 68.9 Å². The maximum Gasteiger partial charge on any atom is 0.323 e. The van der Waals surface area contributed by atoms with Gasteiger partial charge in [0.05, 0.1) is 31.8 Å². The van der Waals surface area contributed by atoms with Crippen LogP contribution in [0.2, 0.25) is 0 Å². The van der Waals surface area contributed by atoms with Crippen molar-refractivity contribution >= 4 is 117 Å². The minimum absolute atomic E-state index is 0.00433. The molecule has 15 atom stereocenters. The number of amides is 9. The number of nitrogens with zero attached hydrogens (tertiary/aromatic N) is 15. The normalized spacial score (nSPS) is 24.0. The van der Waals surface area contributed by atoms with Gasteiger partial charge >= 0.3 is 36.0 Å². The van der Waals surface area contributed by atoms with Gasteiger partial charge in [-0.2, -0.15) is 0 Å². The van der Waals surface area contributed by atoms with E-state index in [1.54, 1.807) is 46.6 Å². The first-order valence-electron chi connectivity index (χ1n) is 37.1. The van der Waals surface area contributed by atoms with Crippen molar-refractivity contribution in [2.45, 2.75) is 126 Å². The van der Waals surface area contributed by atoms with Crippen molar-refractivity contribution in [3.05, 3.63) is 158 Å². The molecule has 0 saturated carbocycles. The SMILES string of the molecule is CCNC(=O)Nc1ncnc2c1ncn2C1OC(C(=O)N(C)CC(=O)O)C2O[C@H](/C=C/c3ccccc3)OC21.CCNC(=O)Nc1ncnc2c1ncn2C1OC(C(=O)N(C)CCC(=O)O)C2O[C@H](/C=C/c3ccccc3)OC21.CCNC(=O)Nc1ncnc2c1ncn2C1OC(C(=O)N(C)CCC(=O)O)C2O[C@H](c3ccccc3)OC21. The Morgan fingerprint density at radius 2 is 0.726 bits per heavy atom. The van der Waals surface area contributed by atoms with E-state index >= 15 is 0 Å². The molecule has 12 unspecified atom stereocenters. The topological polar surface area (TPSA) is 510 Å². The Balaban J connectivity index is 0.000000152. The first kappa shape index (κ1) is 82.1. The van der Waals surface area contributed by atoms with Crippen LogP contribution in [-0.2, 0) is 71.4 Å². The molecular weight excluding hydrogens is 1530 g/mol. The van der Waals surface area contributed by atoms with E-state index in [2.05, 4.69) is 76.8 Å². The quantitative estimate of drug-likeness (QED) is 0.0388. The predicted molar refractivity (Wildman–Crippen MR) is 408 cm³/mol. The molecule has 6 saturated heterocycles. The highest BCUT2D eigenvalue weighted by atomic mass is 16.8. The van der Waals surface area contributed by atoms with Crippen LogP contribution in [0, 0.1) is 0 Å². The monoisotopic (exact) mass is 1610 g/mol. The summed E-state index contributed by atoms with van der Waals surface area (Å²) < 4.78 is 60.3. The number of aromatic nitrogens is 12. The average molecular weight is 1610 g/mol. The number of imidazole rings is 3. The summed E-state index contributed by atoms with van der Waals surface area (Å²) >= 11 is 0. The number of aliphatic carboxylic acids is 3. The van der Waals surface area contributed by atoms with Gasteiger partial charge in [0.1, 0.15) is 62.2 Å². The zero-order valence-electron chi connectivity index (χ0n) is 63.6. The summed E-state index contributed by atoms with van der Waals surface area (Å²) in [5.74, 6) is -4.02. The molecule has 614 valence electrons. The van der Waals surface area contributed by atoms with Gasteiger partial charge in [-0.1, -0.05) is 103 Å². The van der Waals surface area contributed by atoms with E-state index in [1.807, 2.05) is 103 Å².